The van der Waals surface area contributed by atoms with Crippen LogP contribution in [0.4, 0.5) is 0 Å². The van der Waals surface area contributed by atoms with Gasteiger partial charge in [-0.15, -0.1) is 0 Å². The zero-order valence-corrected chi connectivity index (χ0v) is 11.7. The van der Waals surface area contributed by atoms with Gasteiger partial charge in [0.1, 0.15) is 11.5 Å². The summed E-state index contributed by atoms with van der Waals surface area (Å²) in [6.45, 7) is 1.05. The molecule has 0 saturated carbocycles. The normalized spacial score (nSPS) is 17.7. The number of rotatable bonds is 4. The summed E-state index contributed by atoms with van der Waals surface area (Å²) in [6, 6.07) is 18.8. The average Bonchev–Trinajstić information content (AvgIpc) is 2.75. The van der Waals surface area contributed by atoms with Crippen molar-refractivity contribution in [3.63, 3.8) is 0 Å². The van der Waals surface area contributed by atoms with Gasteiger partial charge in [-0.2, -0.15) is 0 Å². The maximum atomic E-state index is 5.86. The molecule has 2 aromatic carbocycles. The van der Waals surface area contributed by atoms with E-state index in [1.165, 1.54) is 0 Å². The van der Waals surface area contributed by atoms with Gasteiger partial charge in [0.25, 0.3) is 0 Å². The fourth-order valence-electron chi connectivity index (χ4n) is 2.04. The molecule has 0 bridgehead atoms. The Bertz CT molecular complexity index is 490. The molecule has 1 fully saturated rings. The van der Waals surface area contributed by atoms with Crippen molar-refractivity contribution < 1.29 is 18.9 Å². The second-order valence-electron chi connectivity index (χ2n) is 4.73. The van der Waals surface area contributed by atoms with Crippen molar-refractivity contribution in [3.05, 3.63) is 60.7 Å². The molecule has 0 atom stereocenters. The van der Waals surface area contributed by atoms with Gasteiger partial charge < -0.3 is 9.47 Å². The van der Waals surface area contributed by atoms with Crippen molar-refractivity contribution in [2.45, 2.75) is 19.0 Å². The predicted octanol–water partition coefficient (Wildman–Crippen LogP) is 3.58. The molecular weight excluding hydrogens is 268 g/mol. The minimum atomic E-state index is -1.53. The quantitative estimate of drug-likeness (QED) is 0.805. The third-order valence-electron chi connectivity index (χ3n) is 3.07. The Hall–Kier alpha value is -2.04. The lowest BCUT2D eigenvalue weighted by Crippen LogP contribution is -2.47. The smallest absolute Gasteiger partial charge is 0.407 e. The zero-order chi connectivity index (χ0) is 14.4. The van der Waals surface area contributed by atoms with Crippen LogP contribution < -0.4 is 9.47 Å². The molecule has 3 rings (SSSR count). The van der Waals surface area contributed by atoms with E-state index in [4.69, 9.17) is 18.9 Å². The average molecular weight is 286 g/mol. The molecule has 1 saturated heterocycles. The number of benzene rings is 2. The van der Waals surface area contributed by atoms with E-state index in [0.717, 1.165) is 12.8 Å². The molecule has 0 amide bonds. The minimum absolute atomic E-state index is 0.527. The summed E-state index contributed by atoms with van der Waals surface area (Å²) in [6.07, 6.45) is 0.301. The highest BCUT2D eigenvalue weighted by Crippen LogP contribution is 2.27. The largest absolute Gasteiger partial charge is 0.510 e. The van der Waals surface area contributed by atoms with E-state index in [9.17, 15) is 0 Å². The van der Waals surface area contributed by atoms with Gasteiger partial charge >= 0.3 is 6.16 Å². The first-order chi connectivity index (χ1) is 10.4. The Morgan fingerprint density at radius 1 is 0.667 bits per heavy atom. The van der Waals surface area contributed by atoms with Crippen molar-refractivity contribution in [3.8, 4) is 11.5 Å². The van der Waals surface area contributed by atoms with Gasteiger partial charge in [0.2, 0.25) is 0 Å². The van der Waals surface area contributed by atoms with Crippen LogP contribution in [0.2, 0.25) is 0 Å². The second kappa shape index (κ2) is 6.61. The molecular formula is C17H18O4. The summed E-state index contributed by atoms with van der Waals surface area (Å²) in [5.41, 5.74) is 0. The van der Waals surface area contributed by atoms with Crippen LogP contribution in [0.25, 0.3) is 0 Å². The van der Waals surface area contributed by atoms with Crippen molar-refractivity contribution in [2.75, 3.05) is 13.2 Å². The van der Waals surface area contributed by atoms with Gasteiger partial charge in [0.05, 0.1) is 13.2 Å². The molecule has 4 nitrogen and oxygen atoms in total. The van der Waals surface area contributed by atoms with Crippen LogP contribution in [0.5, 0.6) is 11.5 Å². The molecule has 1 aliphatic heterocycles. The van der Waals surface area contributed by atoms with Gasteiger partial charge in [-0.3, -0.25) is 9.47 Å². The summed E-state index contributed by atoms with van der Waals surface area (Å²) in [4.78, 5) is 0. The van der Waals surface area contributed by atoms with Gasteiger partial charge in [-0.1, -0.05) is 36.4 Å². The summed E-state index contributed by atoms with van der Waals surface area (Å²) >= 11 is 0. The van der Waals surface area contributed by atoms with Gasteiger partial charge in [0.15, 0.2) is 0 Å². The highest BCUT2D eigenvalue weighted by molar-refractivity contribution is 5.23. The zero-order valence-electron chi connectivity index (χ0n) is 11.7. The van der Waals surface area contributed by atoms with Crippen LogP contribution in [-0.4, -0.2) is 19.4 Å². The van der Waals surface area contributed by atoms with Crippen LogP contribution in [0.3, 0.4) is 0 Å². The van der Waals surface area contributed by atoms with Crippen molar-refractivity contribution in [1.82, 2.24) is 0 Å². The first-order valence-electron chi connectivity index (χ1n) is 7.12. The standard InChI is InChI=1S/C17H18O4/c1-3-9-15(10-4-1)20-17(18-13-7-8-14-19-17)21-16-11-5-2-6-12-16/h1-6,9-12H,7-8,13-14H2. The third kappa shape index (κ3) is 3.74. The van der Waals surface area contributed by atoms with Crippen LogP contribution in [-0.2, 0) is 9.47 Å². The SMILES string of the molecule is c1ccc(OC2(Oc3ccccc3)OCCCCO2)cc1. The molecule has 1 aliphatic rings. The lowest BCUT2D eigenvalue weighted by atomic mass is 10.3. The molecule has 1 heterocycles. The number of ether oxygens (including phenoxy) is 4. The first kappa shape index (κ1) is 13.9. The number of para-hydroxylation sites is 2. The number of hydrogen-bond donors (Lipinski definition) is 0. The summed E-state index contributed by atoms with van der Waals surface area (Å²) < 4.78 is 23.2. The number of hydrogen-bond acceptors (Lipinski definition) is 4. The highest BCUT2D eigenvalue weighted by atomic mass is 17.0. The van der Waals surface area contributed by atoms with Crippen molar-refractivity contribution in [1.29, 1.82) is 0 Å². The highest BCUT2D eigenvalue weighted by Gasteiger charge is 2.40. The topological polar surface area (TPSA) is 36.9 Å². The monoisotopic (exact) mass is 286 g/mol. The van der Waals surface area contributed by atoms with E-state index in [1.54, 1.807) is 0 Å². The Morgan fingerprint density at radius 3 is 1.52 bits per heavy atom. The van der Waals surface area contributed by atoms with E-state index < -0.39 is 6.16 Å². The van der Waals surface area contributed by atoms with E-state index in [0.29, 0.717) is 24.7 Å². The Morgan fingerprint density at radius 2 is 1.10 bits per heavy atom. The van der Waals surface area contributed by atoms with E-state index >= 15 is 0 Å². The van der Waals surface area contributed by atoms with Gasteiger partial charge in [-0.25, -0.2) is 0 Å². The van der Waals surface area contributed by atoms with Gasteiger partial charge in [-0.05, 0) is 37.1 Å². The van der Waals surface area contributed by atoms with Crippen molar-refractivity contribution in [2.24, 2.45) is 0 Å². The van der Waals surface area contributed by atoms with E-state index in [1.807, 2.05) is 60.7 Å². The van der Waals surface area contributed by atoms with Crippen LogP contribution in [0.1, 0.15) is 12.8 Å². The Kier molecular flexibility index (Phi) is 4.38. The fraction of sp³-hybridized carbons (Fsp3) is 0.294. The minimum Gasteiger partial charge on any atom is -0.407 e. The maximum Gasteiger partial charge on any atom is 0.510 e. The lowest BCUT2D eigenvalue weighted by Gasteiger charge is -2.30. The predicted molar refractivity (Wildman–Crippen MR) is 78.0 cm³/mol. The van der Waals surface area contributed by atoms with Gasteiger partial charge in [0, 0.05) is 0 Å². The second-order valence-corrected chi connectivity index (χ2v) is 4.73. The Balaban J connectivity index is 1.83. The lowest BCUT2D eigenvalue weighted by molar-refractivity contribution is -0.433. The summed E-state index contributed by atoms with van der Waals surface area (Å²) in [7, 11) is 0. The third-order valence-corrected chi connectivity index (χ3v) is 3.07. The van der Waals surface area contributed by atoms with Crippen LogP contribution in [0, 0.1) is 0 Å². The Labute approximate surface area is 124 Å². The first-order valence-corrected chi connectivity index (χ1v) is 7.12. The molecule has 110 valence electrons. The summed E-state index contributed by atoms with van der Waals surface area (Å²) in [5.74, 6) is 1.27. The van der Waals surface area contributed by atoms with E-state index in [-0.39, 0.29) is 0 Å². The molecule has 4 heteroatoms. The molecule has 2 aromatic rings. The molecule has 0 unspecified atom stereocenters. The van der Waals surface area contributed by atoms with Crippen molar-refractivity contribution >= 4 is 0 Å². The van der Waals surface area contributed by atoms with Crippen LogP contribution in [0.15, 0.2) is 60.7 Å². The molecule has 21 heavy (non-hydrogen) atoms. The summed E-state index contributed by atoms with van der Waals surface area (Å²) in [5, 5.41) is 0. The van der Waals surface area contributed by atoms with Crippen LogP contribution >= 0.6 is 0 Å². The molecule has 0 spiro atoms. The molecule has 0 N–H and O–H groups in total. The molecule has 0 radical (unpaired) electrons. The fourth-order valence-corrected chi connectivity index (χ4v) is 2.04. The molecule has 0 aromatic heterocycles. The molecule has 0 aliphatic carbocycles. The van der Waals surface area contributed by atoms with E-state index in [2.05, 4.69) is 0 Å². The maximum absolute atomic E-state index is 5.86.